The number of likely N-dealkylation sites (tertiary alicyclic amines) is 1. The van der Waals surface area contributed by atoms with E-state index in [2.05, 4.69) is 0 Å². The first-order chi connectivity index (χ1) is 10.5. The fourth-order valence-corrected chi connectivity index (χ4v) is 5.46. The summed E-state index contributed by atoms with van der Waals surface area (Å²) in [6.45, 7) is 2.51. The molecule has 3 fully saturated rings. The molecular formula is C14H24N2O5S. The number of hydrogen-bond acceptors (Lipinski definition) is 5. The van der Waals surface area contributed by atoms with Crippen LogP contribution < -0.4 is 0 Å². The zero-order valence-corrected chi connectivity index (χ0v) is 13.8. The summed E-state index contributed by atoms with van der Waals surface area (Å²) in [7, 11) is -1.60. The number of rotatable bonds is 3. The Bertz CT molecular complexity index is 529. The van der Waals surface area contributed by atoms with E-state index in [4.69, 9.17) is 9.47 Å². The summed E-state index contributed by atoms with van der Waals surface area (Å²) in [5.74, 6) is 0.168. The summed E-state index contributed by atoms with van der Waals surface area (Å²) in [6.07, 6.45) is 2.89. The fourth-order valence-electron chi connectivity index (χ4n) is 3.69. The molecule has 3 heterocycles. The number of nitrogens with zero attached hydrogens (tertiary/aromatic N) is 2. The molecule has 1 amide bonds. The lowest BCUT2D eigenvalue weighted by atomic mass is 9.98. The molecule has 7 nitrogen and oxygen atoms in total. The highest BCUT2D eigenvalue weighted by Crippen LogP contribution is 2.29. The SMILES string of the molecule is COC1(C(=O)N2CCCC(N3CCCS3(=O)=O)C2)CCOC1. The van der Waals surface area contributed by atoms with E-state index < -0.39 is 15.6 Å². The number of carbonyl (C=O) groups excluding carboxylic acids is 1. The zero-order valence-electron chi connectivity index (χ0n) is 13.0. The van der Waals surface area contributed by atoms with Crippen molar-refractivity contribution in [3.8, 4) is 0 Å². The quantitative estimate of drug-likeness (QED) is 0.716. The second kappa shape index (κ2) is 6.07. The first-order valence-electron chi connectivity index (χ1n) is 7.90. The van der Waals surface area contributed by atoms with Crippen molar-refractivity contribution in [2.24, 2.45) is 0 Å². The molecule has 8 heteroatoms. The first kappa shape index (κ1) is 16.2. The standard InChI is InChI=1S/C14H24N2O5S/c1-20-14(5-8-21-11-14)13(17)15-6-2-4-12(10-15)16-7-3-9-22(16,18)19/h12H,2-11H2,1H3. The lowest BCUT2D eigenvalue weighted by Crippen LogP contribution is -2.57. The molecule has 0 aliphatic carbocycles. The van der Waals surface area contributed by atoms with E-state index in [0.717, 1.165) is 12.8 Å². The Balaban J connectivity index is 1.72. The summed E-state index contributed by atoms with van der Waals surface area (Å²) in [4.78, 5) is 14.6. The van der Waals surface area contributed by atoms with Gasteiger partial charge in [0.25, 0.3) is 5.91 Å². The number of carbonyl (C=O) groups is 1. The van der Waals surface area contributed by atoms with Gasteiger partial charge >= 0.3 is 0 Å². The lowest BCUT2D eigenvalue weighted by Gasteiger charge is -2.40. The summed E-state index contributed by atoms with van der Waals surface area (Å²) in [5.41, 5.74) is -0.883. The van der Waals surface area contributed by atoms with Crippen LogP contribution in [0.15, 0.2) is 0 Å². The molecule has 3 aliphatic rings. The third-order valence-corrected chi connectivity index (χ3v) is 6.99. The molecule has 22 heavy (non-hydrogen) atoms. The molecule has 0 spiro atoms. The summed E-state index contributed by atoms with van der Waals surface area (Å²) in [6, 6.07) is -0.0959. The Kier molecular flexibility index (Phi) is 4.46. The van der Waals surface area contributed by atoms with Crippen LogP contribution in [0.1, 0.15) is 25.7 Å². The average Bonchev–Trinajstić information content (AvgIpc) is 3.13. The molecule has 2 atom stereocenters. The van der Waals surface area contributed by atoms with Crippen LogP contribution in [0.5, 0.6) is 0 Å². The van der Waals surface area contributed by atoms with Crippen molar-refractivity contribution in [3.63, 3.8) is 0 Å². The zero-order chi connectivity index (χ0) is 15.8. The smallest absolute Gasteiger partial charge is 0.257 e. The highest BCUT2D eigenvalue weighted by Gasteiger charge is 2.47. The van der Waals surface area contributed by atoms with Crippen LogP contribution in [0.3, 0.4) is 0 Å². The molecule has 3 aliphatic heterocycles. The van der Waals surface area contributed by atoms with Crippen molar-refractivity contribution in [2.45, 2.75) is 37.3 Å². The second-order valence-electron chi connectivity index (χ2n) is 6.33. The number of hydrogen-bond donors (Lipinski definition) is 0. The molecule has 0 saturated carbocycles. The van der Waals surface area contributed by atoms with Gasteiger partial charge in [0.2, 0.25) is 10.0 Å². The van der Waals surface area contributed by atoms with E-state index in [9.17, 15) is 13.2 Å². The predicted octanol–water partition coefficient (Wildman–Crippen LogP) is -0.182. The highest BCUT2D eigenvalue weighted by molar-refractivity contribution is 7.89. The van der Waals surface area contributed by atoms with Crippen molar-refractivity contribution >= 4 is 15.9 Å². The number of piperidine rings is 1. The lowest BCUT2D eigenvalue weighted by molar-refractivity contribution is -0.156. The Morgan fingerprint density at radius 3 is 2.73 bits per heavy atom. The van der Waals surface area contributed by atoms with Crippen molar-refractivity contribution in [3.05, 3.63) is 0 Å². The van der Waals surface area contributed by atoms with Crippen molar-refractivity contribution in [2.75, 3.05) is 45.7 Å². The second-order valence-corrected chi connectivity index (χ2v) is 8.37. The van der Waals surface area contributed by atoms with E-state index in [0.29, 0.717) is 39.1 Å². The van der Waals surface area contributed by atoms with Gasteiger partial charge in [-0.05, 0) is 19.3 Å². The van der Waals surface area contributed by atoms with E-state index >= 15 is 0 Å². The minimum atomic E-state index is -3.14. The minimum absolute atomic E-state index is 0.0613. The van der Waals surface area contributed by atoms with Crippen LogP contribution in [0.2, 0.25) is 0 Å². The van der Waals surface area contributed by atoms with E-state index in [1.807, 2.05) is 0 Å². The molecule has 2 unspecified atom stereocenters. The molecule has 3 rings (SSSR count). The number of ether oxygens (including phenoxy) is 2. The minimum Gasteiger partial charge on any atom is -0.378 e. The van der Waals surface area contributed by atoms with Crippen LogP contribution in [0.4, 0.5) is 0 Å². The maximum Gasteiger partial charge on any atom is 0.257 e. The highest BCUT2D eigenvalue weighted by atomic mass is 32.2. The molecule has 3 saturated heterocycles. The Morgan fingerprint density at radius 1 is 1.32 bits per heavy atom. The Morgan fingerprint density at radius 2 is 2.14 bits per heavy atom. The van der Waals surface area contributed by atoms with Gasteiger partial charge in [-0.25, -0.2) is 8.42 Å². The number of amides is 1. The van der Waals surface area contributed by atoms with Gasteiger partial charge in [-0.2, -0.15) is 4.31 Å². The van der Waals surface area contributed by atoms with Gasteiger partial charge in [0, 0.05) is 39.2 Å². The van der Waals surface area contributed by atoms with Crippen LogP contribution in [-0.4, -0.2) is 80.9 Å². The molecule has 0 radical (unpaired) electrons. The molecule has 0 aromatic rings. The number of methoxy groups -OCH3 is 1. The van der Waals surface area contributed by atoms with Crippen LogP contribution >= 0.6 is 0 Å². The van der Waals surface area contributed by atoms with Crippen LogP contribution in [0.25, 0.3) is 0 Å². The summed E-state index contributed by atoms with van der Waals surface area (Å²) in [5, 5.41) is 0. The maximum absolute atomic E-state index is 12.8. The van der Waals surface area contributed by atoms with Crippen molar-refractivity contribution < 1.29 is 22.7 Å². The molecule has 0 N–H and O–H groups in total. The number of sulfonamides is 1. The van der Waals surface area contributed by atoms with E-state index in [1.165, 1.54) is 0 Å². The molecule has 0 aromatic heterocycles. The monoisotopic (exact) mass is 332 g/mol. The molecule has 0 aromatic carbocycles. The van der Waals surface area contributed by atoms with Gasteiger partial charge in [-0.15, -0.1) is 0 Å². The molecule has 126 valence electrons. The summed E-state index contributed by atoms with van der Waals surface area (Å²) < 4.78 is 36.6. The average molecular weight is 332 g/mol. The van der Waals surface area contributed by atoms with Gasteiger partial charge in [-0.1, -0.05) is 0 Å². The fraction of sp³-hybridized carbons (Fsp3) is 0.929. The largest absolute Gasteiger partial charge is 0.378 e. The van der Waals surface area contributed by atoms with Gasteiger partial charge in [-0.3, -0.25) is 4.79 Å². The van der Waals surface area contributed by atoms with Crippen LogP contribution in [0, 0.1) is 0 Å². The van der Waals surface area contributed by atoms with E-state index in [1.54, 1.807) is 16.3 Å². The first-order valence-corrected chi connectivity index (χ1v) is 9.51. The van der Waals surface area contributed by atoms with Gasteiger partial charge in [0.15, 0.2) is 5.60 Å². The normalized spacial score (nSPS) is 35.9. The van der Waals surface area contributed by atoms with Gasteiger partial charge in [0.05, 0.1) is 19.0 Å². The van der Waals surface area contributed by atoms with Crippen molar-refractivity contribution in [1.82, 2.24) is 9.21 Å². The van der Waals surface area contributed by atoms with Gasteiger partial charge < -0.3 is 14.4 Å². The maximum atomic E-state index is 12.8. The third-order valence-electron chi connectivity index (χ3n) is 5.00. The van der Waals surface area contributed by atoms with Crippen LogP contribution in [-0.2, 0) is 24.3 Å². The molecule has 0 bridgehead atoms. The third kappa shape index (κ3) is 2.77. The topological polar surface area (TPSA) is 76.2 Å². The molecular weight excluding hydrogens is 308 g/mol. The van der Waals surface area contributed by atoms with Crippen molar-refractivity contribution in [1.29, 1.82) is 0 Å². The Hall–Kier alpha value is -0.700. The van der Waals surface area contributed by atoms with E-state index in [-0.39, 0.29) is 24.3 Å². The van der Waals surface area contributed by atoms with Gasteiger partial charge in [0.1, 0.15) is 0 Å². The predicted molar refractivity (Wildman–Crippen MR) is 79.9 cm³/mol. The summed E-state index contributed by atoms with van der Waals surface area (Å²) >= 11 is 0. The Labute approximate surface area is 131 Å².